The molecule has 0 heterocycles. The van der Waals surface area contributed by atoms with Crippen LogP contribution in [0.1, 0.15) is 22.3 Å². The fourth-order valence-corrected chi connectivity index (χ4v) is 11.6. The lowest BCUT2D eigenvalue weighted by Gasteiger charge is -2.35. The van der Waals surface area contributed by atoms with Gasteiger partial charge in [-0.25, -0.2) is 0 Å². The predicted octanol–water partition coefficient (Wildman–Crippen LogP) is 19.8. The van der Waals surface area contributed by atoms with Gasteiger partial charge in [0.15, 0.2) is 0 Å². The van der Waals surface area contributed by atoms with Gasteiger partial charge in [-0.1, -0.05) is 231 Å². The second-order valence-electron chi connectivity index (χ2n) is 19.3. The normalized spacial score (nSPS) is 12.1. The summed E-state index contributed by atoms with van der Waals surface area (Å²) in [5, 5.41) is 0. The van der Waals surface area contributed by atoms with E-state index in [1.165, 1.54) is 50.1 Å². The first-order chi connectivity index (χ1) is 37.7. The van der Waals surface area contributed by atoms with E-state index < -0.39 is 5.41 Å². The van der Waals surface area contributed by atoms with Crippen molar-refractivity contribution in [3.63, 3.8) is 0 Å². The highest BCUT2D eigenvalue weighted by Gasteiger charge is 2.47. The van der Waals surface area contributed by atoms with Crippen LogP contribution in [0.4, 0.5) is 51.2 Å². The Bertz CT molecular complexity index is 3670. The molecule has 1 aliphatic carbocycles. The fourth-order valence-electron chi connectivity index (χ4n) is 11.6. The molecule has 0 N–H and O–H groups in total. The summed E-state index contributed by atoms with van der Waals surface area (Å²) >= 11 is 0. The molecule has 12 aromatic carbocycles. The molecule has 0 spiro atoms. The summed E-state index contributed by atoms with van der Waals surface area (Å²) in [4.78, 5) is 7.21. The number of hydrogen-bond acceptors (Lipinski definition) is 3. The number of nitrogens with zero attached hydrogens (tertiary/aromatic N) is 3. The summed E-state index contributed by atoms with van der Waals surface area (Å²) in [6, 6.07) is 117. The smallest absolute Gasteiger partial charge is 0.0714 e. The van der Waals surface area contributed by atoms with Crippen LogP contribution >= 0.6 is 0 Å². The SMILES string of the molecule is c1ccc(-c2ccc(N(c3cc(N(c4ccccc4)c4ccccc4)cc(N(c4ccccc4)c4ccccc4)c3)c3ccc4c(c3)C(c3ccccc3)(c3ccccc3)c3cccc(-c5ccccc5)c3-4)cc2)cc1. The fraction of sp³-hybridized carbons (Fsp3) is 0.0137. The Labute approximate surface area is 446 Å². The molecule has 76 heavy (non-hydrogen) atoms. The lowest BCUT2D eigenvalue weighted by molar-refractivity contribution is 0.768. The van der Waals surface area contributed by atoms with Crippen molar-refractivity contribution in [2.24, 2.45) is 0 Å². The summed E-state index contributed by atoms with van der Waals surface area (Å²) in [7, 11) is 0. The van der Waals surface area contributed by atoms with E-state index in [0.29, 0.717) is 0 Å². The van der Waals surface area contributed by atoms with Gasteiger partial charge in [-0.15, -0.1) is 0 Å². The Morgan fingerprint density at radius 2 is 0.539 bits per heavy atom. The maximum atomic E-state index is 2.49. The zero-order chi connectivity index (χ0) is 50.7. The molecule has 360 valence electrons. The molecule has 0 aromatic heterocycles. The molecule has 0 bridgehead atoms. The zero-order valence-electron chi connectivity index (χ0n) is 41.9. The summed E-state index contributed by atoms with van der Waals surface area (Å²) in [5.41, 5.74) is 20.8. The first-order valence-corrected chi connectivity index (χ1v) is 26.1. The third-order valence-corrected chi connectivity index (χ3v) is 14.9. The first kappa shape index (κ1) is 45.9. The second kappa shape index (κ2) is 20.2. The Hall–Kier alpha value is -9.96. The van der Waals surface area contributed by atoms with Crippen LogP contribution in [0.25, 0.3) is 33.4 Å². The molecular weight excluding hydrogens is 919 g/mol. The van der Waals surface area contributed by atoms with Crippen LogP contribution in [-0.2, 0) is 5.41 Å². The summed E-state index contributed by atoms with van der Waals surface area (Å²) in [6.07, 6.45) is 0. The van der Waals surface area contributed by atoms with Gasteiger partial charge < -0.3 is 14.7 Å². The molecule has 12 aromatic rings. The van der Waals surface area contributed by atoms with Crippen LogP contribution in [-0.4, -0.2) is 0 Å². The van der Waals surface area contributed by atoms with Gasteiger partial charge in [0.2, 0.25) is 0 Å². The van der Waals surface area contributed by atoms with Crippen molar-refractivity contribution in [1.82, 2.24) is 0 Å². The number of para-hydroxylation sites is 4. The maximum absolute atomic E-state index is 2.49. The highest BCUT2D eigenvalue weighted by Crippen LogP contribution is 2.59. The Balaban J connectivity index is 1.12. The van der Waals surface area contributed by atoms with Gasteiger partial charge in [0.1, 0.15) is 0 Å². The topological polar surface area (TPSA) is 9.72 Å². The number of anilines is 9. The number of benzene rings is 12. The molecule has 13 rings (SSSR count). The third kappa shape index (κ3) is 8.31. The largest absolute Gasteiger partial charge is 0.310 e. The van der Waals surface area contributed by atoms with Crippen molar-refractivity contribution >= 4 is 51.2 Å². The Kier molecular flexibility index (Phi) is 12.2. The third-order valence-electron chi connectivity index (χ3n) is 14.9. The van der Waals surface area contributed by atoms with Crippen LogP contribution in [0, 0.1) is 0 Å². The molecule has 0 fully saturated rings. The van der Waals surface area contributed by atoms with Crippen molar-refractivity contribution in [2.45, 2.75) is 5.41 Å². The molecule has 0 radical (unpaired) electrons. The zero-order valence-corrected chi connectivity index (χ0v) is 41.9. The van der Waals surface area contributed by atoms with E-state index in [2.05, 4.69) is 336 Å². The minimum absolute atomic E-state index is 0.654. The lowest BCUT2D eigenvalue weighted by Crippen LogP contribution is -2.28. The van der Waals surface area contributed by atoms with Crippen LogP contribution < -0.4 is 14.7 Å². The molecule has 0 atom stereocenters. The predicted molar refractivity (Wildman–Crippen MR) is 319 cm³/mol. The van der Waals surface area contributed by atoms with Crippen LogP contribution in [0.5, 0.6) is 0 Å². The maximum Gasteiger partial charge on any atom is 0.0714 e. The molecule has 0 amide bonds. The van der Waals surface area contributed by atoms with Gasteiger partial charge in [-0.2, -0.15) is 0 Å². The van der Waals surface area contributed by atoms with Crippen molar-refractivity contribution in [2.75, 3.05) is 14.7 Å². The van der Waals surface area contributed by atoms with E-state index in [4.69, 9.17) is 0 Å². The molecular formula is C73H53N3. The molecule has 3 heteroatoms. The molecule has 0 aliphatic heterocycles. The van der Waals surface area contributed by atoms with Gasteiger partial charge in [0.05, 0.1) is 22.5 Å². The Morgan fingerprint density at radius 3 is 0.974 bits per heavy atom. The molecule has 1 aliphatic rings. The van der Waals surface area contributed by atoms with E-state index >= 15 is 0 Å². The van der Waals surface area contributed by atoms with Crippen LogP contribution in [0.3, 0.4) is 0 Å². The Morgan fingerprint density at radius 1 is 0.197 bits per heavy atom. The van der Waals surface area contributed by atoms with Gasteiger partial charge >= 0.3 is 0 Å². The summed E-state index contributed by atoms with van der Waals surface area (Å²) < 4.78 is 0. The van der Waals surface area contributed by atoms with Crippen molar-refractivity contribution in [3.8, 4) is 33.4 Å². The molecule has 0 unspecified atom stereocenters. The van der Waals surface area contributed by atoms with Crippen LogP contribution in [0.2, 0.25) is 0 Å². The minimum atomic E-state index is -0.654. The van der Waals surface area contributed by atoms with Crippen molar-refractivity contribution < 1.29 is 0 Å². The van der Waals surface area contributed by atoms with E-state index in [1.807, 2.05) is 0 Å². The van der Waals surface area contributed by atoms with E-state index in [0.717, 1.165) is 56.7 Å². The van der Waals surface area contributed by atoms with Crippen molar-refractivity contribution in [1.29, 1.82) is 0 Å². The van der Waals surface area contributed by atoms with Gasteiger partial charge in [0, 0.05) is 34.1 Å². The van der Waals surface area contributed by atoms with Gasteiger partial charge in [-0.05, 0) is 147 Å². The second-order valence-corrected chi connectivity index (χ2v) is 19.3. The first-order valence-electron chi connectivity index (χ1n) is 26.1. The van der Waals surface area contributed by atoms with Crippen LogP contribution in [0.15, 0.2) is 322 Å². The molecule has 3 nitrogen and oxygen atoms in total. The lowest BCUT2D eigenvalue weighted by atomic mass is 9.67. The standard InChI is InChI=1S/C73H53N3/c1-9-26-54(27-10-1)55-44-46-63(47-45-55)76(64-48-49-69-71(53-64)73(57-30-13-3-14-31-57,58-32-15-4-16-33-58)70-43-25-42-68(72(69)70)56-28-11-2-12-29-56)67-51-65(74(59-34-17-5-18-35-59)60-36-19-6-20-37-60)50-66(52-67)75(61-38-21-7-22-39-61)62-40-23-8-24-41-62/h1-53H. The average molecular weight is 972 g/mol. The highest BCUT2D eigenvalue weighted by molar-refractivity contribution is 5.98. The highest BCUT2D eigenvalue weighted by atomic mass is 15.2. The number of fused-ring (bicyclic) bond motifs is 3. The monoisotopic (exact) mass is 971 g/mol. The van der Waals surface area contributed by atoms with E-state index in [1.54, 1.807) is 0 Å². The van der Waals surface area contributed by atoms with Gasteiger partial charge in [-0.3, -0.25) is 0 Å². The van der Waals surface area contributed by atoms with E-state index in [9.17, 15) is 0 Å². The van der Waals surface area contributed by atoms with Crippen molar-refractivity contribution in [3.05, 3.63) is 344 Å². The molecule has 0 saturated carbocycles. The number of rotatable bonds is 13. The number of hydrogen-bond donors (Lipinski definition) is 0. The average Bonchev–Trinajstić information content (AvgIpc) is 3.86. The summed E-state index contributed by atoms with van der Waals surface area (Å²) in [6.45, 7) is 0. The molecule has 0 saturated heterocycles. The van der Waals surface area contributed by atoms with Gasteiger partial charge in [0.25, 0.3) is 0 Å². The minimum Gasteiger partial charge on any atom is -0.310 e. The quantitative estimate of drug-likeness (QED) is 0.114. The summed E-state index contributed by atoms with van der Waals surface area (Å²) in [5.74, 6) is 0. The van der Waals surface area contributed by atoms with E-state index in [-0.39, 0.29) is 0 Å².